The molecule has 1 heterocycles. The van der Waals surface area contributed by atoms with Crippen LogP contribution in [0.2, 0.25) is 5.02 Å². The van der Waals surface area contributed by atoms with Crippen LogP contribution >= 0.6 is 11.6 Å². The third-order valence-electron chi connectivity index (χ3n) is 5.01. The zero-order valence-corrected chi connectivity index (χ0v) is 17.4. The summed E-state index contributed by atoms with van der Waals surface area (Å²) >= 11 is 6.21. The number of rotatable bonds is 6. The van der Waals surface area contributed by atoms with E-state index in [1.54, 1.807) is 35.2 Å². The number of halogens is 1. The maximum absolute atomic E-state index is 12.7. The molecule has 0 unspecified atom stereocenters. The first kappa shape index (κ1) is 20.8. The van der Waals surface area contributed by atoms with Gasteiger partial charge in [0.1, 0.15) is 6.04 Å². The molecule has 0 aromatic heterocycles. The summed E-state index contributed by atoms with van der Waals surface area (Å²) in [6.45, 7) is 3.74. The number of carbonyl (C=O) groups excluding carboxylic acids is 1. The maximum atomic E-state index is 12.7. The highest BCUT2D eigenvalue weighted by molar-refractivity contribution is 7.89. The monoisotopic (exact) mass is 422 g/mol. The highest BCUT2D eigenvalue weighted by Crippen LogP contribution is 2.20. The van der Waals surface area contributed by atoms with E-state index in [4.69, 9.17) is 11.6 Å². The van der Waals surface area contributed by atoms with Crippen molar-refractivity contribution in [2.24, 2.45) is 0 Å². The first-order chi connectivity index (χ1) is 13.4. The van der Waals surface area contributed by atoms with E-state index in [9.17, 15) is 13.2 Å². The Kier molecular flexibility index (Phi) is 6.72. The molecule has 0 saturated carbocycles. The number of piperazine rings is 1. The molecule has 0 bridgehead atoms. The van der Waals surface area contributed by atoms with Gasteiger partial charge in [-0.05, 0) is 25.1 Å². The van der Waals surface area contributed by atoms with Crippen LogP contribution in [0, 0.1) is 0 Å². The minimum absolute atomic E-state index is 0.00987. The van der Waals surface area contributed by atoms with Gasteiger partial charge in [-0.25, -0.2) is 8.42 Å². The van der Waals surface area contributed by atoms with Gasteiger partial charge in [-0.15, -0.1) is 0 Å². The van der Waals surface area contributed by atoms with E-state index in [1.807, 2.05) is 36.5 Å². The molecule has 2 aromatic carbocycles. The van der Waals surface area contributed by atoms with Crippen molar-refractivity contribution in [2.75, 3.05) is 32.7 Å². The third-order valence-corrected chi connectivity index (χ3v) is 7.27. The number of hydrogen-bond acceptors (Lipinski definition) is 3. The highest BCUT2D eigenvalue weighted by Gasteiger charge is 2.30. The molecular weight excluding hydrogens is 398 g/mol. The molecule has 1 fully saturated rings. The molecule has 150 valence electrons. The fraction of sp³-hybridized carbons (Fsp3) is 0.350. The molecule has 1 atom stereocenters. The van der Waals surface area contributed by atoms with Crippen molar-refractivity contribution >= 4 is 27.5 Å². The summed E-state index contributed by atoms with van der Waals surface area (Å²) in [6, 6.07) is 16.1. The first-order valence-corrected chi connectivity index (χ1v) is 11.1. The molecule has 1 aliphatic rings. The highest BCUT2D eigenvalue weighted by atomic mass is 35.5. The summed E-state index contributed by atoms with van der Waals surface area (Å²) < 4.78 is 26.8. The fourth-order valence-electron chi connectivity index (χ4n) is 3.30. The maximum Gasteiger partial charge on any atom is 0.277 e. The second-order valence-electron chi connectivity index (χ2n) is 6.85. The van der Waals surface area contributed by atoms with Gasteiger partial charge in [-0.2, -0.15) is 4.31 Å². The number of nitrogens with zero attached hydrogens (tertiary/aromatic N) is 2. The van der Waals surface area contributed by atoms with E-state index < -0.39 is 10.0 Å². The van der Waals surface area contributed by atoms with Gasteiger partial charge in [0.25, 0.3) is 5.91 Å². The van der Waals surface area contributed by atoms with Crippen LogP contribution < -0.4 is 5.32 Å². The average Bonchev–Trinajstić information content (AvgIpc) is 2.73. The first-order valence-electron chi connectivity index (χ1n) is 9.30. The molecule has 1 aliphatic heterocycles. The van der Waals surface area contributed by atoms with Gasteiger partial charge < -0.3 is 10.2 Å². The molecule has 1 amide bonds. The number of quaternary nitrogens is 1. The Morgan fingerprint density at radius 1 is 1.04 bits per heavy atom. The van der Waals surface area contributed by atoms with Gasteiger partial charge in [0.15, 0.2) is 6.54 Å². The summed E-state index contributed by atoms with van der Waals surface area (Å²) in [4.78, 5) is 14.6. The third kappa shape index (κ3) is 4.72. The Morgan fingerprint density at radius 3 is 2.29 bits per heavy atom. The molecule has 1 saturated heterocycles. The smallest absolute Gasteiger partial charge is 0.277 e. The van der Waals surface area contributed by atoms with Crippen molar-refractivity contribution in [1.82, 2.24) is 9.21 Å². The van der Waals surface area contributed by atoms with Crippen LogP contribution in [0.25, 0.3) is 0 Å². The summed E-state index contributed by atoms with van der Waals surface area (Å²) in [7, 11) is -3.50. The number of nitrogens with two attached hydrogens (primary N) is 1. The van der Waals surface area contributed by atoms with Gasteiger partial charge in [-0.1, -0.05) is 48.0 Å². The Morgan fingerprint density at radius 2 is 1.64 bits per heavy atom. The molecule has 0 aliphatic carbocycles. The Bertz CT molecular complexity index is 913. The van der Waals surface area contributed by atoms with Crippen molar-refractivity contribution in [3.05, 3.63) is 65.2 Å². The summed E-state index contributed by atoms with van der Waals surface area (Å²) in [6.07, 6.45) is 0. The lowest BCUT2D eigenvalue weighted by Gasteiger charge is -2.33. The quantitative estimate of drug-likeness (QED) is 0.766. The zero-order valence-electron chi connectivity index (χ0n) is 15.8. The van der Waals surface area contributed by atoms with Crippen LogP contribution in [0.4, 0.5) is 0 Å². The number of sulfonamides is 1. The van der Waals surface area contributed by atoms with E-state index in [1.165, 1.54) is 4.31 Å². The zero-order chi connectivity index (χ0) is 20.1. The summed E-state index contributed by atoms with van der Waals surface area (Å²) in [5.74, 6) is 0.00987. The number of carbonyl (C=O) groups is 1. The SMILES string of the molecule is C[C@@H]([NH2+]CC(=O)N1CCN(S(=O)(=O)c2ccccc2)CC1)c1ccccc1Cl. The lowest BCUT2D eigenvalue weighted by atomic mass is 10.1. The molecule has 2 N–H and O–H groups in total. The Hall–Kier alpha value is -1.93. The lowest BCUT2D eigenvalue weighted by molar-refractivity contribution is -0.683. The molecule has 0 spiro atoms. The van der Waals surface area contributed by atoms with Gasteiger partial charge in [0.2, 0.25) is 10.0 Å². The van der Waals surface area contributed by atoms with Crippen molar-refractivity contribution in [3.8, 4) is 0 Å². The van der Waals surface area contributed by atoms with Crippen LogP contribution in [-0.2, 0) is 14.8 Å². The fourth-order valence-corrected chi connectivity index (χ4v) is 5.05. The molecule has 6 nitrogen and oxygen atoms in total. The molecule has 0 radical (unpaired) electrons. The summed E-state index contributed by atoms with van der Waals surface area (Å²) in [5.41, 5.74) is 0.996. The number of amides is 1. The second kappa shape index (κ2) is 9.05. The molecule has 3 rings (SSSR count). The largest absolute Gasteiger partial charge is 0.335 e. The second-order valence-corrected chi connectivity index (χ2v) is 9.19. The van der Waals surface area contributed by atoms with Crippen LogP contribution in [-0.4, -0.2) is 56.3 Å². The van der Waals surface area contributed by atoms with Crippen LogP contribution in [0.5, 0.6) is 0 Å². The molecule has 2 aromatic rings. The standard InChI is InChI=1S/C20H24ClN3O3S/c1-16(18-9-5-6-10-19(18)21)22-15-20(25)23-11-13-24(14-12-23)28(26,27)17-7-3-2-4-8-17/h2-10,16,22H,11-15H2,1H3/p+1/t16-/m1/s1. The Balaban J connectivity index is 1.52. The van der Waals surface area contributed by atoms with Crippen molar-refractivity contribution < 1.29 is 18.5 Å². The van der Waals surface area contributed by atoms with E-state index in [-0.39, 0.29) is 16.8 Å². The van der Waals surface area contributed by atoms with Gasteiger partial charge >= 0.3 is 0 Å². The number of benzene rings is 2. The predicted molar refractivity (Wildman–Crippen MR) is 108 cm³/mol. The normalized spacial score (nSPS) is 16.7. The van der Waals surface area contributed by atoms with Gasteiger partial charge in [0, 0.05) is 36.8 Å². The van der Waals surface area contributed by atoms with E-state index >= 15 is 0 Å². The van der Waals surface area contributed by atoms with E-state index in [0.717, 1.165) is 5.56 Å². The molecule has 8 heteroatoms. The number of hydrogen-bond donors (Lipinski definition) is 1. The summed E-state index contributed by atoms with van der Waals surface area (Å²) in [5, 5.41) is 2.65. The van der Waals surface area contributed by atoms with E-state index in [0.29, 0.717) is 37.7 Å². The average molecular weight is 423 g/mol. The van der Waals surface area contributed by atoms with Gasteiger partial charge in [-0.3, -0.25) is 4.79 Å². The van der Waals surface area contributed by atoms with Gasteiger partial charge in [0.05, 0.1) is 4.90 Å². The van der Waals surface area contributed by atoms with Crippen LogP contribution in [0.15, 0.2) is 59.5 Å². The van der Waals surface area contributed by atoms with Crippen molar-refractivity contribution in [1.29, 1.82) is 0 Å². The van der Waals surface area contributed by atoms with Crippen LogP contribution in [0.1, 0.15) is 18.5 Å². The minimum Gasteiger partial charge on any atom is -0.335 e. The van der Waals surface area contributed by atoms with Crippen LogP contribution in [0.3, 0.4) is 0 Å². The predicted octanol–water partition coefficient (Wildman–Crippen LogP) is 1.50. The topological polar surface area (TPSA) is 74.3 Å². The molecular formula is C20H25ClN3O3S+. The van der Waals surface area contributed by atoms with Crippen molar-refractivity contribution in [2.45, 2.75) is 17.9 Å². The Labute approximate surface area is 171 Å². The minimum atomic E-state index is -3.50. The van der Waals surface area contributed by atoms with Crippen molar-refractivity contribution in [3.63, 3.8) is 0 Å². The lowest BCUT2D eigenvalue weighted by Crippen LogP contribution is -2.87. The molecule has 28 heavy (non-hydrogen) atoms. The van der Waals surface area contributed by atoms with E-state index in [2.05, 4.69) is 0 Å².